The molecule has 0 radical (unpaired) electrons. The van der Waals surface area contributed by atoms with Gasteiger partial charge >= 0.3 is 5.97 Å². The molecular weight excluding hydrogens is 324 g/mol. The van der Waals surface area contributed by atoms with E-state index in [2.05, 4.69) is 49.4 Å². The Morgan fingerprint density at radius 2 is 1.69 bits per heavy atom. The summed E-state index contributed by atoms with van der Waals surface area (Å²) < 4.78 is 5.88. The molecule has 1 N–H and O–H groups in total. The molecule has 0 heterocycles. The van der Waals surface area contributed by atoms with E-state index in [-0.39, 0.29) is 6.42 Å². The van der Waals surface area contributed by atoms with Gasteiger partial charge in [0.15, 0.2) is 0 Å². The molecule has 0 bridgehead atoms. The average molecular weight is 346 g/mol. The third-order valence-corrected chi connectivity index (χ3v) is 4.34. The van der Waals surface area contributed by atoms with Crippen molar-refractivity contribution in [2.24, 2.45) is 0 Å². The third-order valence-electron chi connectivity index (χ3n) is 4.34. The molecule has 3 rings (SSSR count). The van der Waals surface area contributed by atoms with E-state index in [1.807, 2.05) is 30.3 Å². The molecule has 0 saturated carbocycles. The van der Waals surface area contributed by atoms with Crippen LogP contribution < -0.4 is 4.74 Å². The van der Waals surface area contributed by atoms with Gasteiger partial charge in [-0.25, -0.2) is 0 Å². The molecule has 3 aromatic carbocycles. The van der Waals surface area contributed by atoms with Crippen LogP contribution in [0.5, 0.6) is 5.75 Å². The first kappa shape index (κ1) is 17.7. The fraction of sp³-hybridized carbons (Fsp3) is 0.174. The van der Waals surface area contributed by atoms with Gasteiger partial charge in [0.2, 0.25) is 0 Å². The van der Waals surface area contributed by atoms with Gasteiger partial charge in [-0.05, 0) is 59.4 Å². The number of aliphatic carboxylic acids is 1. The molecule has 132 valence electrons. The van der Waals surface area contributed by atoms with Crippen molar-refractivity contribution in [2.45, 2.75) is 26.4 Å². The number of carboxylic acids is 1. The fourth-order valence-corrected chi connectivity index (χ4v) is 2.90. The van der Waals surface area contributed by atoms with Crippen molar-refractivity contribution in [3.05, 3.63) is 89.5 Å². The van der Waals surface area contributed by atoms with Crippen LogP contribution in [0.15, 0.2) is 72.8 Å². The molecule has 3 aromatic rings. The second-order valence-corrected chi connectivity index (χ2v) is 6.34. The van der Waals surface area contributed by atoms with Gasteiger partial charge in [-0.15, -0.1) is 0 Å². The number of carboxylic acid groups (broad SMARTS) is 1. The Morgan fingerprint density at radius 3 is 2.42 bits per heavy atom. The topological polar surface area (TPSA) is 46.5 Å². The number of carbonyl (C=O) groups is 1. The molecule has 0 amide bonds. The van der Waals surface area contributed by atoms with Gasteiger partial charge in [0, 0.05) is 6.42 Å². The number of benzene rings is 3. The van der Waals surface area contributed by atoms with Gasteiger partial charge < -0.3 is 9.84 Å². The maximum absolute atomic E-state index is 10.6. The predicted octanol–water partition coefficient (Wildman–Crippen LogP) is 5.26. The van der Waals surface area contributed by atoms with E-state index < -0.39 is 5.97 Å². The Hall–Kier alpha value is -3.07. The lowest BCUT2D eigenvalue weighted by molar-refractivity contribution is -0.136. The van der Waals surface area contributed by atoms with Crippen LogP contribution in [0.3, 0.4) is 0 Å². The van der Waals surface area contributed by atoms with E-state index in [1.54, 1.807) is 0 Å². The van der Waals surface area contributed by atoms with Crippen LogP contribution in [0.2, 0.25) is 0 Å². The molecule has 0 aliphatic heterocycles. The molecular formula is C23H22O3. The van der Waals surface area contributed by atoms with E-state index in [0.29, 0.717) is 13.0 Å². The Labute approximate surface area is 153 Å². The highest BCUT2D eigenvalue weighted by Gasteiger charge is 2.04. The minimum atomic E-state index is -0.779. The van der Waals surface area contributed by atoms with Crippen molar-refractivity contribution in [3.63, 3.8) is 0 Å². The molecule has 3 heteroatoms. The quantitative estimate of drug-likeness (QED) is 0.635. The van der Waals surface area contributed by atoms with Gasteiger partial charge in [0.1, 0.15) is 12.4 Å². The minimum Gasteiger partial charge on any atom is -0.489 e. The lowest BCUT2D eigenvalue weighted by atomic mass is 9.99. The zero-order valence-electron chi connectivity index (χ0n) is 14.8. The molecule has 0 fully saturated rings. The van der Waals surface area contributed by atoms with Gasteiger partial charge in [-0.1, -0.05) is 54.6 Å². The van der Waals surface area contributed by atoms with Gasteiger partial charge in [-0.2, -0.15) is 0 Å². The van der Waals surface area contributed by atoms with E-state index in [4.69, 9.17) is 9.84 Å². The van der Waals surface area contributed by atoms with Crippen molar-refractivity contribution in [1.29, 1.82) is 0 Å². The summed E-state index contributed by atoms with van der Waals surface area (Å²) in [6, 6.07) is 24.3. The number of hydrogen-bond donors (Lipinski definition) is 1. The van der Waals surface area contributed by atoms with Crippen LogP contribution in [0.25, 0.3) is 11.1 Å². The highest BCUT2D eigenvalue weighted by atomic mass is 16.5. The SMILES string of the molecule is Cc1ccccc1-c1cccc(COc2ccc(CCC(=O)O)cc2)c1. The van der Waals surface area contributed by atoms with E-state index >= 15 is 0 Å². The summed E-state index contributed by atoms with van der Waals surface area (Å²) in [5.74, 6) is 0.00392. The van der Waals surface area contributed by atoms with Crippen molar-refractivity contribution in [2.75, 3.05) is 0 Å². The van der Waals surface area contributed by atoms with Gasteiger partial charge in [0.25, 0.3) is 0 Å². The summed E-state index contributed by atoms with van der Waals surface area (Å²) in [4.78, 5) is 10.6. The maximum Gasteiger partial charge on any atom is 0.303 e. The normalized spacial score (nSPS) is 10.5. The minimum absolute atomic E-state index is 0.145. The number of aryl methyl sites for hydroxylation is 2. The van der Waals surface area contributed by atoms with E-state index in [9.17, 15) is 4.79 Å². The van der Waals surface area contributed by atoms with Crippen molar-refractivity contribution >= 4 is 5.97 Å². The van der Waals surface area contributed by atoms with E-state index in [0.717, 1.165) is 16.9 Å². The zero-order chi connectivity index (χ0) is 18.4. The van der Waals surface area contributed by atoms with Crippen LogP contribution in [0, 0.1) is 6.92 Å². The first-order valence-electron chi connectivity index (χ1n) is 8.70. The Kier molecular flexibility index (Phi) is 5.69. The van der Waals surface area contributed by atoms with Crippen molar-refractivity contribution < 1.29 is 14.6 Å². The number of hydrogen-bond acceptors (Lipinski definition) is 2. The molecule has 0 unspecified atom stereocenters. The molecule has 3 nitrogen and oxygen atoms in total. The molecule has 0 aliphatic rings. The van der Waals surface area contributed by atoms with Crippen LogP contribution in [-0.4, -0.2) is 11.1 Å². The van der Waals surface area contributed by atoms with E-state index in [1.165, 1.54) is 16.7 Å². The summed E-state index contributed by atoms with van der Waals surface area (Å²) in [6.45, 7) is 2.61. The van der Waals surface area contributed by atoms with Gasteiger partial charge in [0.05, 0.1) is 0 Å². The van der Waals surface area contributed by atoms with Crippen LogP contribution in [-0.2, 0) is 17.8 Å². The Morgan fingerprint density at radius 1 is 0.923 bits per heavy atom. The summed E-state index contributed by atoms with van der Waals surface area (Å²) in [6.07, 6.45) is 0.681. The second-order valence-electron chi connectivity index (χ2n) is 6.34. The smallest absolute Gasteiger partial charge is 0.303 e. The highest BCUT2D eigenvalue weighted by molar-refractivity contribution is 5.68. The average Bonchev–Trinajstić information content (AvgIpc) is 2.66. The lowest BCUT2D eigenvalue weighted by Crippen LogP contribution is -1.98. The first-order valence-corrected chi connectivity index (χ1v) is 8.70. The molecule has 26 heavy (non-hydrogen) atoms. The summed E-state index contributed by atoms with van der Waals surface area (Å²) in [7, 11) is 0. The van der Waals surface area contributed by atoms with Crippen molar-refractivity contribution in [3.8, 4) is 16.9 Å². The van der Waals surface area contributed by atoms with Crippen LogP contribution >= 0.6 is 0 Å². The van der Waals surface area contributed by atoms with Gasteiger partial charge in [-0.3, -0.25) is 4.79 Å². The monoisotopic (exact) mass is 346 g/mol. The molecule has 0 spiro atoms. The van der Waals surface area contributed by atoms with Crippen molar-refractivity contribution in [1.82, 2.24) is 0 Å². The van der Waals surface area contributed by atoms with Crippen LogP contribution in [0.4, 0.5) is 0 Å². The largest absolute Gasteiger partial charge is 0.489 e. The Bertz CT molecular complexity index is 882. The highest BCUT2D eigenvalue weighted by Crippen LogP contribution is 2.24. The summed E-state index contributed by atoms with van der Waals surface area (Å²) in [5.41, 5.74) is 5.79. The number of rotatable bonds is 7. The molecule has 0 saturated heterocycles. The van der Waals surface area contributed by atoms with Crippen LogP contribution in [0.1, 0.15) is 23.1 Å². The Balaban J connectivity index is 1.64. The fourth-order valence-electron chi connectivity index (χ4n) is 2.90. The standard InChI is InChI=1S/C23H22O3/c1-17-5-2-3-8-22(17)20-7-4-6-19(15-20)16-26-21-12-9-18(10-13-21)11-14-23(24)25/h2-10,12-13,15H,11,14,16H2,1H3,(H,24,25). The third kappa shape index (κ3) is 4.73. The predicted molar refractivity (Wildman–Crippen MR) is 103 cm³/mol. The first-order chi connectivity index (χ1) is 12.6. The maximum atomic E-state index is 10.6. The summed E-state index contributed by atoms with van der Waals surface area (Å²) >= 11 is 0. The zero-order valence-corrected chi connectivity index (χ0v) is 14.8. The lowest BCUT2D eigenvalue weighted by Gasteiger charge is -2.10. The molecule has 0 aliphatic carbocycles. The molecule has 0 aromatic heterocycles. The second kappa shape index (κ2) is 8.34. The molecule has 0 atom stereocenters. The number of ether oxygens (including phenoxy) is 1. The summed E-state index contributed by atoms with van der Waals surface area (Å²) in [5, 5.41) is 8.74.